The third kappa shape index (κ3) is 4.50. The third-order valence-corrected chi connectivity index (χ3v) is 10.8. The summed E-state index contributed by atoms with van der Waals surface area (Å²) >= 11 is 7.14. The van der Waals surface area contributed by atoms with E-state index >= 15 is 0 Å². The van der Waals surface area contributed by atoms with Crippen LogP contribution in [0.1, 0.15) is 13.8 Å². The minimum Gasteiger partial charge on any atom is -0.336 e. The average Bonchev–Trinajstić information content (AvgIpc) is 2.38. The zero-order valence-electron chi connectivity index (χ0n) is 11.0. The Morgan fingerprint density at radius 3 is 2.32 bits per heavy atom. The molecule has 0 amide bonds. The average molecular weight is 342 g/mol. The Labute approximate surface area is 123 Å². The van der Waals surface area contributed by atoms with Crippen molar-refractivity contribution < 1.29 is 12.9 Å². The molecule has 0 spiro atoms. The van der Waals surface area contributed by atoms with E-state index in [1.54, 1.807) is 0 Å². The molecule has 0 radical (unpaired) electrons. The van der Waals surface area contributed by atoms with Crippen LogP contribution in [0, 0.1) is 0 Å². The van der Waals surface area contributed by atoms with Crippen molar-refractivity contribution in [3.05, 3.63) is 29.3 Å². The molecule has 4 nitrogen and oxygen atoms in total. The van der Waals surface area contributed by atoms with E-state index in [-0.39, 0.29) is 4.90 Å². The van der Waals surface area contributed by atoms with Crippen LogP contribution in [0.2, 0.25) is 5.02 Å². The number of sulfonamides is 1. The van der Waals surface area contributed by atoms with Gasteiger partial charge in [0, 0.05) is 11.2 Å². The van der Waals surface area contributed by atoms with Crippen molar-refractivity contribution in [3.8, 4) is 0 Å². The lowest BCUT2D eigenvalue weighted by Crippen LogP contribution is -1.99. The Kier molecular flexibility index (Phi) is 6.40. The maximum absolute atomic E-state index is 12.3. The van der Waals surface area contributed by atoms with Gasteiger partial charge in [0.15, 0.2) is 6.48 Å². The maximum Gasteiger partial charge on any atom is 0.283 e. The van der Waals surface area contributed by atoms with E-state index in [4.69, 9.17) is 16.1 Å². The SMILES string of the molecule is CCOP(CC)(=NS(=O)(=O)c1ccc(Cl)cc1)SC. The standard InChI is InChI=1S/C11H17ClNO3PS2/c1-4-16-17(5-2,18-3)13-19(14,15)11-8-6-10(12)7-9-11/h6-9H,4-5H2,1-3H3. The fraction of sp³-hybridized carbons (Fsp3) is 0.455. The van der Waals surface area contributed by atoms with Crippen molar-refractivity contribution in [1.82, 2.24) is 0 Å². The molecule has 1 aromatic rings. The van der Waals surface area contributed by atoms with Gasteiger partial charge in [0.1, 0.15) is 0 Å². The predicted molar refractivity (Wildman–Crippen MR) is 83.7 cm³/mol. The second-order valence-electron chi connectivity index (χ2n) is 3.56. The van der Waals surface area contributed by atoms with E-state index < -0.39 is 16.5 Å². The summed E-state index contributed by atoms with van der Waals surface area (Å²) in [6.07, 6.45) is 2.41. The van der Waals surface area contributed by atoms with Crippen LogP contribution in [0.4, 0.5) is 0 Å². The molecular weight excluding hydrogens is 325 g/mol. The highest BCUT2D eigenvalue weighted by Crippen LogP contribution is 2.62. The molecule has 0 saturated heterocycles. The normalized spacial score (nSPS) is 14.9. The summed E-state index contributed by atoms with van der Waals surface area (Å²) in [5, 5.41) is 0.491. The lowest BCUT2D eigenvalue weighted by molar-refractivity contribution is 0.381. The van der Waals surface area contributed by atoms with Crippen molar-refractivity contribution in [2.75, 3.05) is 19.0 Å². The Balaban J connectivity index is 3.29. The molecule has 0 heterocycles. The van der Waals surface area contributed by atoms with Crippen LogP contribution in [0.3, 0.4) is 0 Å². The first-order valence-electron chi connectivity index (χ1n) is 5.72. The smallest absolute Gasteiger partial charge is 0.283 e. The van der Waals surface area contributed by atoms with Crippen molar-refractivity contribution in [2.24, 2.45) is 4.15 Å². The highest BCUT2D eigenvalue weighted by atomic mass is 35.5. The summed E-state index contributed by atoms with van der Waals surface area (Å²) in [6, 6.07) is 5.99. The van der Waals surface area contributed by atoms with Gasteiger partial charge in [-0.25, -0.2) is 0 Å². The van der Waals surface area contributed by atoms with Gasteiger partial charge in [0.05, 0.1) is 11.5 Å². The van der Waals surface area contributed by atoms with Gasteiger partial charge >= 0.3 is 0 Å². The number of rotatable bonds is 6. The van der Waals surface area contributed by atoms with Crippen molar-refractivity contribution in [2.45, 2.75) is 18.7 Å². The summed E-state index contributed by atoms with van der Waals surface area (Å²) in [5.41, 5.74) is 0. The minimum absolute atomic E-state index is 0.142. The van der Waals surface area contributed by atoms with E-state index in [9.17, 15) is 8.42 Å². The van der Waals surface area contributed by atoms with Gasteiger partial charge in [-0.1, -0.05) is 29.9 Å². The lowest BCUT2D eigenvalue weighted by atomic mass is 10.4. The molecule has 0 aliphatic rings. The fourth-order valence-corrected chi connectivity index (χ4v) is 8.36. The van der Waals surface area contributed by atoms with Crippen LogP contribution in [0.15, 0.2) is 33.3 Å². The molecule has 0 aliphatic carbocycles. The van der Waals surface area contributed by atoms with Crippen molar-refractivity contribution in [1.29, 1.82) is 0 Å². The maximum atomic E-state index is 12.3. The molecule has 1 rings (SSSR count). The molecule has 0 bridgehead atoms. The summed E-state index contributed by atoms with van der Waals surface area (Å²) < 4.78 is 34.2. The van der Waals surface area contributed by atoms with Gasteiger partial charge in [-0.15, -0.1) is 4.15 Å². The van der Waals surface area contributed by atoms with Crippen LogP contribution >= 0.6 is 29.5 Å². The van der Waals surface area contributed by atoms with E-state index in [1.807, 2.05) is 20.1 Å². The Morgan fingerprint density at radius 1 is 1.32 bits per heavy atom. The Morgan fingerprint density at radius 2 is 1.89 bits per heavy atom. The zero-order chi connectivity index (χ0) is 14.5. The second-order valence-corrected chi connectivity index (χ2v) is 11.4. The van der Waals surface area contributed by atoms with Crippen LogP contribution in [0.5, 0.6) is 0 Å². The molecule has 19 heavy (non-hydrogen) atoms. The van der Waals surface area contributed by atoms with Gasteiger partial charge in [-0.2, -0.15) is 8.42 Å². The first-order chi connectivity index (χ1) is 8.89. The molecule has 0 aliphatic heterocycles. The fourth-order valence-electron chi connectivity index (χ4n) is 1.41. The summed E-state index contributed by atoms with van der Waals surface area (Å²) in [7, 11) is -3.71. The molecule has 1 atom stereocenters. The molecule has 8 heteroatoms. The second kappa shape index (κ2) is 7.14. The predicted octanol–water partition coefficient (Wildman–Crippen LogP) is 4.48. The number of benzene rings is 1. The topological polar surface area (TPSA) is 55.7 Å². The molecule has 0 saturated carbocycles. The quantitative estimate of drug-likeness (QED) is 0.716. The van der Waals surface area contributed by atoms with Gasteiger partial charge in [0.2, 0.25) is 0 Å². The molecule has 1 unspecified atom stereocenters. The van der Waals surface area contributed by atoms with Crippen LogP contribution in [-0.2, 0) is 14.5 Å². The summed E-state index contributed by atoms with van der Waals surface area (Å²) in [4.78, 5) is 0.142. The first kappa shape index (κ1) is 17.1. The number of hydrogen-bond donors (Lipinski definition) is 0. The third-order valence-electron chi connectivity index (χ3n) is 2.36. The first-order valence-corrected chi connectivity index (χ1v) is 11.2. The number of halogens is 1. The highest BCUT2D eigenvalue weighted by molar-refractivity contribution is 8.57. The summed E-state index contributed by atoms with van der Waals surface area (Å²) in [6.45, 7) is 1.84. The lowest BCUT2D eigenvalue weighted by Gasteiger charge is -2.19. The number of nitrogens with zero attached hydrogens (tertiary/aromatic N) is 1. The highest BCUT2D eigenvalue weighted by Gasteiger charge is 2.23. The molecule has 108 valence electrons. The van der Waals surface area contributed by atoms with Crippen LogP contribution < -0.4 is 0 Å². The van der Waals surface area contributed by atoms with Crippen molar-refractivity contribution >= 4 is 39.5 Å². The van der Waals surface area contributed by atoms with Crippen LogP contribution in [-0.4, -0.2) is 27.4 Å². The largest absolute Gasteiger partial charge is 0.336 e. The molecule has 0 aromatic heterocycles. The summed E-state index contributed by atoms with van der Waals surface area (Å²) in [5.74, 6) is 0. The van der Waals surface area contributed by atoms with Gasteiger partial charge in [0.25, 0.3) is 10.0 Å². The van der Waals surface area contributed by atoms with Gasteiger partial charge in [-0.05, 0) is 37.4 Å². The van der Waals surface area contributed by atoms with Crippen LogP contribution in [0.25, 0.3) is 0 Å². The zero-order valence-corrected chi connectivity index (χ0v) is 14.3. The van der Waals surface area contributed by atoms with E-state index in [0.717, 1.165) is 0 Å². The van der Waals surface area contributed by atoms with E-state index in [1.165, 1.54) is 35.6 Å². The van der Waals surface area contributed by atoms with Gasteiger partial charge in [-0.3, -0.25) is 0 Å². The van der Waals surface area contributed by atoms with Gasteiger partial charge < -0.3 is 4.52 Å². The monoisotopic (exact) mass is 341 g/mol. The Hall–Kier alpha value is -0.0000000000000000555. The Bertz CT molecular complexity index is 564. The molecule has 1 aromatic carbocycles. The molecule has 0 N–H and O–H groups in total. The minimum atomic E-state index is -3.71. The van der Waals surface area contributed by atoms with E-state index in [2.05, 4.69) is 4.15 Å². The van der Waals surface area contributed by atoms with E-state index in [0.29, 0.717) is 17.8 Å². The van der Waals surface area contributed by atoms with Crippen molar-refractivity contribution in [3.63, 3.8) is 0 Å². The molecule has 0 fully saturated rings. The number of hydrogen-bond acceptors (Lipinski definition) is 4. The molecular formula is C11H17ClNO3PS2.